The van der Waals surface area contributed by atoms with Gasteiger partial charge in [0, 0.05) is 22.1 Å². The zero-order chi connectivity index (χ0) is 35.3. The van der Waals surface area contributed by atoms with Gasteiger partial charge in [-0.05, 0) is 102 Å². The summed E-state index contributed by atoms with van der Waals surface area (Å²) in [7, 11) is 0. The van der Waals surface area contributed by atoms with Gasteiger partial charge in [0.1, 0.15) is 0 Å². The van der Waals surface area contributed by atoms with Crippen molar-refractivity contribution in [2.75, 3.05) is 4.90 Å². The molecule has 0 bridgehead atoms. The highest BCUT2D eigenvalue weighted by molar-refractivity contribution is 6.30. The SMILES string of the molecule is C=Cc1ccc(-c2ccc3c4c(ccc(N(c5ccccc5)c5ccccc5)c24)-c2c-3c(-c3ccccc3)c3ccccc3c2-c2ccccc2)cc1. The van der Waals surface area contributed by atoms with Crippen LogP contribution in [0.15, 0.2) is 201 Å². The Hall–Kier alpha value is -6.96. The first kappa shape index (κ1) is 30.8. The number of hydrogen-bond acceptors (Lipinski definition) is 1. The summed E-state index contributed by atoms with van der Waals surface area (Å²) in [4.78, 5) is 2.42. The minimum Gasteiger partial charge on any atom is -0.310 e. The Bertz CT molecular complexity index is 2670. The van der Waals surface area contributed by atoms with E-state index < -0.39 is 0 Å². The first-order valence-corrected chi connectivity index (χ1v) is 18.2. The van der Waals surface area contributed by atoms with Crippen molar-refractivity contribution >= 4 is 44.7 Å². The molecule has 1 nitrogen and oxygen atoms in total. The van der Waals surface area contributed by atoms with Gasteiger partial charge >= 0.3 is 0 Å². The quantitative estimate of drug-likeness (QED) is 0.163. The lowest BCUT2D eigenvalue weighted by molar-refractivity contribution is 1.30. The van der Waals surface area contributed by atoms with E-state index >= 15 is 0 Å². The van der Waals surface area contributed by atoms with Gasteiger partial charge in [0.2, 0.25) is 0 Å². The van der Waals surface area contributed by atoms with E-state index in [1.807, 2.05) is 6.08 Å². The minimum absolute atomic E-state index is 1.11. The van der Waals surface area contributed by atoms with Crippen molar-refractivity contribution in [2.45, 2.75) is 0 Å². The van der Waals surface area contributed by atoms with E-state index in [4.69, 9.17) is 0 Å². The van der Waals surface area contributed by atoms with E-state index in [0.717, 1.165) is 22.6 Å². The van der Waals surface area contributed by atoms with Gasteiger partial charge in [-0.15, -0.1) is 0 Å². The maximum Gasteiger partial charge on any atom is 0.0546 e. The van der Waals surface area contributed by atoms with Crippen LogP contribution in [-0.4, -0.2) is 0 Å². The Kier molecular flexibility index (Phi) is 7.37. The number of hydrogen-bond donors (Lipinski definition) is 0. The standard InChI is InChI=1S/C52H35N/c1-2-35-27-29-36(30-28-35)41-31-32-44-49-45(33-34-46(50(41)49)53(39-21-11-5-12-22-39)40-23-13-6-14-24-40)52-48(38-19-9-4-10-20-38)43-26-16-15-25-42(43)47(51(44)52)37-17-7-3-8-18-37/h2-34H,1H2. The van der Waals surface area contributed by atoms with Crippen molar-refractivity contribution < 1.29 is 0 Å². The van der Waals surface area contributed by atoms with Gasteiger partial charge in [0.15, 0.2) is 0 Å². The maximum atomic E-state index is 4.02. The molecule has 9 aromatic carbocycles. The van der Waals surface area contributed by atoms with Crippen molar-refractivity contribution in [3.8, 4) is 55.6 Å². The van der Waals surface area contributed by atoms with Crippen LogP contribution in [0.3, 0.4) is 0 Å². The fourth-order valence-electron chi connectivity index (χ4n) is 8.49. The molecule has 248 valence electrons. The third-order valence-corrected chi connectivity index (χ3v) is 10.7. The number of benzene rings is 9. The van der Waals surface area contributed by atoms with Crippen LogP contribution in [0.2, 0.25) is 0 Å². The fourth-order valence-corrected chi connectivity index (χ4v) is 8.49. The van der Waals surface area contributed by atoms with E-state index in [0.29, 0.717) is 0 Å². The number of nitrogens with zero attached hydrogens (tertiary/aromatic N) is 1. The van der Waals surface area contributed by atoms with Crippen molar-refractivity contribution in [1.82, 2.24) is 0 Å². The largest absolute Gasteiger partial charge is 0.310 e. The lowest BCUT2D eigenvalue weighted by Crippen LogP contribution is -2.10. The Labute approximate surface area is 310 Å². The van der Waals surface area contributed by atoms with Gasteiger partial charge in [-0.2, -0.15) is 0 Å². The third-order valence-electron chi connectivity index (χ3n) is 10.7. The summed E-state index contributed by atoms with van der Waals surface area (Å²) in [6.07, 6.45) is 1.91. The number of anilines is 3. The van der Waals surface area contributed by atoms with Gasteiger partial charge in [-0.3, -0.25) is 0 Å². The van der Waals surface area contributed by atoms with Crippen LogP contribution in [0.1, 0.15) is 5.56 Å². The number of para-hydroxylation sites is 2. The molecule has 0 unspecified atom stereocenters. The van der Waals surface area contributed by atoms with Crippen molar-refractivity contribution in [3.63, 3.8) is 0 Å². The van der Waals surface area contributed by atoms with Crippen LogP contribution in [0.4, 0.5) is 17.1 Å². The second-order valence-electron chi connectivity index (χ2n) is 13.7. The first-order chi connectivity index (χ1) is 26.3. The van der Waals surface area contributed by atoms with E-state index in [1.54, 1.807) is 0 Å². The summed E-state index contributed by atoms with van der Waals surface area (Å²) in [5, 5.41) is 5.04. The highest BCUT2D eigenvalue weighted by Crippen LogP contribution is 2.60. The molecule has 0 spiro atoms. The van der Waals surface area contributed by atoms with E-state index in [2.05, 4.69) is 206 Å². The zero-order valence-electron chi connectivity index (χ0n) is 29.2. The molecule has 10 rings (SSSR count). The molecule has 0 fully saturated rings. The van der Waals surface area contributed by atoms with Crippen LogP contribution in [0.25, 0.3) is 83.3 Å². The summed E-state index contributed by atoms with van der Waals surface area (Å²) >= 11 is 0. The van der Waals surface area contributed by atoms with Crippen molar-refractivity contribution in [2.24, 2.45) is 0 Å². The normalized spacial score (nSPS) is 11.5. The number of fused-ring (bicyclic) bond motifs is 4. The predicted octanol–water partition coefficient (Wildman–Crippen LogP) is 14.8. The molecule has 0 saturated heterocycles. The van der Waals surface area contributed by atoms with Crippen molar-refractivity contribution in [1.29, 1.82) is 0 Å². The molecule has 0 atom stereocenters. The van der Waals surface area contributed by atoms with E-state index in [-0.39, 0.29) is 0 Å². The topological polar surface area (TPSA) is 3.24 Å². The average molecular weight is 674 g/mol. The zero-order valence-corrected chi connectivity index (χ0v) is 29.2. The molecule has 0 aromatic heterocycles. The predicted molar refractivity (Wildman–Crippen MR) is 227 cm³/mol. The van der Waals surface area contributed by atoms with Crippen LogP contribution in [0, 0.1) is 0 Å². The van der Waals surface area contributed by atoms with Crippen LogP contribution in [-0.2, 0) is 0 Å². The monoisotopic (exact) mass is 673 g/mol. The van der Waals surface area contributed by atoms with Gasteiger partial charge in [0.25, 0.3) is 0 Å². The van der Waals surface area contributed by atoms with Gasteiger partial charge in [-0.1, -0.05) is 176 Å². The van der Waals surface area contributed by atoms with Crippen LogP contribution < -0.4 is 4.90 Å². The molecular formula is C52H35N. The molecule has 0 heterocycles. The van der Waals surface area contributed by atoms with E-state index in [1.165, 1.54) is 77.2 Å². The lowest BCUT2D eigenvalue weighted by atomic mass is 9.82. The molecule has 9 aromatic rings. The van der Waals surface area contributed by atoms with Crippen molar-refractivity contribution in [3.05, 3.63) is 206 Å². The highest BCUT2D eigenvalue weighted by atomic mass is 15.1. The maximum absolute atomic E-state index is 4.02. The Morgan fingerprint density at radius 3 is 1.26 bits per heavy atom. The molecule has 0 radical (unpaired) electrons. The van der Waals surface area contributed by atoms with Gasteiger partial charge in [-0.25, -0.2) is 0 Å². The van der Waals surface area contributed by atoms with Gasteiger partial charge in [0.05, 0.1) is 5.69 Å². The van der Waals surface area contributed by atoms with Crippen LogP contribution >= 0.6 is 0 Å². The Morgan fingerprint density at radius 2 is 0.774 bits per heavy atom. The Balaban J connectivity index is 1.39. The first-order valence-electron chi connectivity index (χ1n) is 18.2. The molecular weight excluding hydrogens is 639 g/mol. The molecule has 1 heteroatoms. The summed E-state index contributed by atoms with van der Waals surface area (Å²) in [5.74, 6) is 0. The molecule has 0 N–H and O–H groups in total. The van der Waals surface area contributed by atoms with Gasteiger partial charge < -0.3 is 4.90 Å². The average Bonchev–Trinajstić information content (AvgIpc) is 3.56. The lowest BCUT2D eigenvalue weighted by Gasteiger charge is -2.28. The summed E-state index contributed by atoms with van der Waals surface area (Å²) in [5.41, 5.74) is 17.0. The molecule has 0 amide bonds. The summed E-state index contributed by atoms with van der Waals surface area (Å²) in [6, 6.07) is 70.6. The second kappa shape index (κ2) is 12.7. The highest BCUT2D eigenvalue weighted by Gasteiger charge is 2.33. The minimum atomic E-state index is 1.11. The molecule has 1 aliphatic rings. The smallest absolute Gasteiger partial charge is 0.0546 e. The fraction of sp³-hybridized carbons (Fsp3) is 0. The second-order valence-corrected chi connectivity index (χ2v) is 13.7. The van der Waals surface area contributed by atoms with Crippen LogP contribution in [0.5, 0.6) is 0 Å². The van der Waals surface area contributed by atoms with E-state index in [9.17, 15) is 0 Å². The molecule has 0 saturated carbocycles. The molecule has 1 aliphatic carbocycles. The third kappa shape index (κ3) is 4.93. The summed E-state index contributed by atoms with van der Waals surface area (Å²) in [6.45, 7) is 4.02. The molecule has 53 heavy (non-hydrogen) atoms. The molecule has 0 aliphatic heterocycles. The Morgan fingerprint density at radius 1 is 0.340 bits per heavy atom. The summed E-state index contributed by atoms with van der Waals surface area (Å²) < 4.78 is 0. The number of rotatable bonds is 7.